The van der Waals surface area contributed by atoms with Crippen LogP contribution >= 0.6 is 11.3 Å². The van der Waals surface area contributed by atoms with Gasteiger partial charge in [0.05, 0.1) is 29.0 Å². The first kappa shape index (κ1) is 24.5. The van der Waals surface area contributed by atoms with Crippen LogP contribution in [0, 0.1) is 29.2 Å². The third kappa shape index (κ3) is 4.78. The lowest BCUT2D eigenvalue weighted by atomic mass is 10.1. The van der Waals surface area contributed by atoms with Crippen LogP contribution in [0.1, 0.15) is 24.3 Å². The first-order valence-corrected chi connectivity index (χ1v) is 11.6. The molecule has 0 N–H and O–H groups in total. The molecule has 0 spiro atoms. The summed E-state index contributed by atoms with van der Waals surface area (Å²) in [5.41, 5.74) is -0.375. The molecule has 11 heteroatoms. The van der Waals surface area contributed by atoms with E-state index in [1.54, 1.807) is 0 Å². The number of benzene rings is 3. The van der Waals surface area contributed by atoms with Crippen molar-refractivity contribution < 1.29 is 40.6 Å². The fourth-order valence-corrected chi connectivity index (χ4v) is 4.66. The van der Waals surface area contributed by atoms with E-state index in [1.165, 1.54) is 24.3 Å². The van der Waals surface area contributed by atoms with Crippen molar-refractivity contribution in [2.75, 3.05) is 13.2 Å². The van der Waals surface area contributed by atoms with Gasteiger partial charge in [0.1, 0.15) is 16.6 Å². The van der Waals surface area contributed by atoms with Crippen molar-refractivity contribution in [3.05, 3.63) is 82.9 Å². The minimum Gasteiger partial charge on any atom is -0.429 e. The van der Waals surface area contributed by atoms with Crippen LogP contribution in [-0.4, -0.2) is 18.2 Å². The van der Waals surface area contributed by atoms with E-state index < -0.39 is 41.2 Å². The lowest BCUT2D eigenvalue weighted by Gasteiger charge is -2.28. The second-order valence-corrected chi connectivity index (χ2v) is 9.39. The zero-order valence-corrected chi connectivity index (χ0v) is 19.4. The molecule has 0 aliphatic carbocycles. The van der Waals surface area contributed by atoms with Gasteiger partial charge in [-0.25, -0.2) is 22.5 Å². The molecule has 0 bridgehead atoms. The number of alkyl halides is 2. The Morgan fingerprint density at radius 1 is 0.917 bits per heavy atom. The Labute approximate surface area is 205 Å². The van der Waals surface area contributed by atoms with Crippen LogP contribution in [-0.2, 0) is 15.6 Å². The van der Waals surface area contributed by atoms with Crippen molar-refractivity contribution in [1.29, 1.82) is 0 Å². The summed E-state index contributed by atoms with van der Waals surface area (Å²) in [6, 6.07) is 8.53. The van der Waals surface area contributed by atoms with E-state index in [0.29, 0.717) is 23.4 Å². The van der Waals surface area contributed by atoms with Gasteiger partial charge in [-0.3, -0.25) is 0 Å². The minimum atomic E-state index is -4.02. The van der Waals surface area contributed by atoms with Crippen LogP contribution in [0.15, 0.2) is 48.5 Å². The lowest BCUT2D eigenvalue weighted by Crippen LogP contribution is -2.26. The van der Waals surface area contributed by atoms with Gasteiger partial charge < -0.3 is 14.2 Å². The first-order chi connectivity index (χ1) is 17.1. The molecule has 188 valence electrons. The van der Waals surface area contributed by atoms with Crippen LogP contribution in [0.25, 0.3) is 20.8 Å². The zero-order chi connectivity index (χ0) is 25.6. The maximum absolute atomic E-state index is 14.9. The maximum atomic E-state index is 14.9. The van der Waals surface area contributed by atoms with E-state index in [1.807, 2.05) is 6.92 Å². The fraction of sp³-hybridized carbons (Fsp3) is 0.240. The lowest BCUT2D eigenvalue weighted by molar-refractivity contribution is -0.202. The average molecular weight is 525 g/mol. The summed E-state index contributed by atoms with van der Waals surface area (Å²) in [4.78, 5) is 4.20. The van der Waals surface area contributed by atoms with Crippen LogP contribution < -0.4 is 4.74 Å². The predicted octanol–water partition coefficient (Wildman–Crippen LogP) is 7.33. The van der Waals surface area contributed by atoms with E-state index in [-0.39, 0.29) is 27.8 Å². The zero-order valence-electron chi connectivity index (χ0n) is 18.5. The second-order valence-electron chi connectivity index (χ2n) is 8.36. The summed E-state index contributed by atoms with van der Waals surface area (Å²) in [5, 5.41) is 0.148. The van der Waals surface area contributed by atoms with E-state index >= 15 is 0 Å². The van der Waals surface area contributed by atoms with Gasteiger partial charge in [0.25, 0.3) is 0 Å². The molecule has 1 aliphatic heterocycles. The normalized spacial score (nSPS) is 18.5. The molecular weight excluding hydrogens is 508 g/mol. The second kappa shape index (κ2) is 9.38. The molecule has 4 aromatic rings. The molecule has 1 aromatic heterocycles. The van der Waals surface area contributed by atoms with E-state index in [9.17, 15) is 26.3 Å². The third-order valence-corrected chi connectivity index (χ3v) is 6.55. The summed E-state index contributed by atoms with van der Waals surface area (Å²) >= 11 is 0.937. The number of ether oxygens (including phenoxy) is 3. The van der Waals surface area contributed by atoms with Crippen molar-refractivity contribution in [2.24, 2.45) is 5.92 Å². The van der Waals surface area contributed by atoms with E-state index in [2.05, 4.69) is 4.98 Å². The van der Waals surface area contributed by atoms with Gasteiger partial charge in [0.15, 0.2) is 23.7 Å². The summed E-state index contributed by atoms with van der Waals surface area (Å²) in [7, 11) is 0. The first-order valence-electron chi connectivity index (χ1n) is 10.8. The molecule has 2 heterocycles. The molecule has 4 nitrogen and oxygen atoms in total. The topological polar surface area (TPSA) is 40.6 Å². The van der Waals surface area contributed by atoms with E-state index in [4.69, 9.17) is 14.2 Å². The quantitative estimate of drug-likeness (QED) is 0.202. The predicted molar refractivity (Wildman–Crippen MR) is 120 cm³/mol. The molecule has 1 saturated heterocycles. The van der Waals surface area contributed by atoms with Crippen LogP contribution in [0.5, 0.6) is 5.75 Å². The highest BCUT2D eigenvalue weighted by Gasteiger charge is 2.38. The Morgan fingerprint density at radius 2 is 1.61 bits per heavy atom. The molecule has 5 rings (SSSR count). The monoisotopic (exact) mass is 525 g/mol. The average Bonchev–Trinajstić information content (AvgIpc) is 3.25. The van der Waals surface area contributed by atoms with Gasteiger partial charge in [-0.05, 0) is 42.5 Å². The number of halogens is 6. The van der Waals surface area contributed by atoms with Gasteiger partial charge >= 0.3 is 6.11 Å². The molecule has 0 unspecified atom stereocenters. The van der Waals surface area contributed by atoms with Gasteiger partial charge in [-0.2, -0.15) is 8.78 Å². The van der Waals surface area contributed by atoms with Gasteiger partial charge in [0.2, 0.25) is 0 Å². The Bertz CT molecular complexity index is 1410. The summed E-state index contributed by atoms with van der Waals surface area (Å²) < 4.78 is 101. The molecular formula is C25H17F6NO3S. The van der Waals surface area contributed by atoms with Crippen molar-refractivity contribution in [2.45, 2.75) is 19.3 Å². The molecule has 3 aromatic carbocycles. The highest BCUT2D eigenvalue weighted by atomic mass is 32.1. The summed E-state index contributed by atoms with van der Waals surface area (Å²) in [6.45, 7) is 2.73. The molecule has 0 saturated carbocycles. The Kier molecular flexibility index (Phi) is 6.39. The number of aromatic nitrogens is 1. The van der Waals surface area contributed by atoms with Crippen LogP contribution in [0.3, 0.4) is 0 Å². The summed E-state index contributed by atoms with van der Waals surface area (Å²) in [6.07, 6.45) is -4.86. The largest absolute Gasteiger partial charge is 0.429 e. The molecule has 0 atom stereocenters. The fourth-order valence-electron chi connectivity index (χ4n) is 3.68. The number of hydrogen-bond donors (Lipinski definition) is 0. The minimum absolute atomic E-state index is 0.0112. The van der Waals surface area contributed by atoms with E-state index in [0.717, 1.165) is 35.6 Å². The number of nitrogens with zero attached hydrogens (tertiary/aromatic N) is 1. The van der Waals surface area contributed by atoms with Gasteiger partial charge in [-0.15, -0.1) is 11.3 Å². The number of fused-ring (bicyclic) bond motifs is 1. The Morgan fingerprint density at radius 3 is 2.28 bits per heavy atom. The molecule has 1 fully saturated rings. The highest BCUT2D eigenvalue weighted by Crippen LogP contribution is 2.38. The molecule has 0 amide bonds. The summed E-state index contributed by atoms with van der Waals surface area (Å²) in [5.74, 6) is -5.66. The Balaban J connectivity index is 1.38. The molecule has 1 aliphatic rings. The van der Waals surface area contributed by atoms with Crippen molar-refractivity contribution in [3.63, 3.8) is 0 Å². The third-order valence-electron chi connectivity index (χ3n) is 5.48. The van der Waals surface area contributed by atoms with Crippen LogP contribution in [0.2, 0.25) is 0 Å². The number of rotatable bonds is 5. The molecule has 0 radical (unpaired) electrons. The van der Waals surface area contributed by atoms with Crippen molar-refractivity contribution >= 4 is 21.6 Å². The maximum Gasteiger partial charge on any atom is 0.429 e. The standard InChI is InChI=1S/C25H17F6NO3S/c1-12-10-33-24(34-11-12)13-2-4-16(17(26)6-13)25(30,31)35-15-3-5-20-21(9-15)36-23(32-20)14-7-18(27)22(29)19(28)8-14/h2-9,12,24H,10-11H2,1H3. The SMILES string of the molecule is CC1COC(c2ccc(C(F)(F)Oc3ccc4nc(-c5cc(F)c(F)c(F)c5)sc4c3)c(F)c2)OC1. The molecule has 36 heavy (non-hydrogen) atoms. The smallest absolute Gasteiger partial charge is 0.429 e. The van der Waals surface area contributed by atoms with Crippen molar-refractivity contribution in [1.82, 2.24) is 4.98 Å². The highest BCUT2D eigenvalue weighted by molar-refractivity contribution is 7.21. The van der Waals surface area contributed by atoms with Crippen molar-refractivity contribution in [3.8, 4) is 16.3 Å². The van der Waals surface area contributed by atoms with Crippen LogP contribution in [0.4, 0.5) is 26.3 Å². The van der Waals surface area contributed by atoms with Gasteiger partial charge in [-0.1, -0.05) is 13.0 Å². The Hall–Kier alpha value is -3.15. The number of hydrogen-bond acceptors (Lipinski definition) is 5. The van der Waals surface area contributed by atoms with Gasteiger partial charge in [0, 0.05) is 17.0 Å². The number of thiazole rings is 1.